The average Bonchev–Trinajstić information content (AvgIpc) is 2.88. The number of nitrogens with two attached hydrogens (primary N) is 1. The molecule has 0 saturated carbocycles. The number of likely N-dealkylation sites (N-methyl/N-ethyl adjacent to an activating group) is 1. The summed E-state index contributed by atoms with van der Waals surface area (Å²) < 4.78 is 0. The van der Waals surface area contributed by atoms with Crippen molar-refractivity contribution in [2.45, 2.75) is 38.8 Å². The molecule has 186 valence electrons. The van der Waals surface area contributed by atoms with Crippen molar-refractivity contribution >= 4 is 11.8 Å². The molecule has 2 aliphatic rings. The SMILES string of the molecule is CN1CCN(c2cc(-c3ccc4c(c3)CN(C(C)(C)Cc3ccc(C#N)cc3)CC4)nc(N)n2)CC1. The number of piperazine rings is 1. The van der Waals surface area contributed by atoms with Gasteiger partial charge in [0.05, 0.1) is 17.3 Å². The van der Waals surface area contributed by atoms with Gasteiger partial charge in [-0.3, -0.25) is 4.90 Å². The zero-order valence-corrected chi connectivity index (χ0v) is 21.5. The first-order valence-corrected chi connectivity index (χ1v) is 12.7. The van der Waals surface area contributed by atoms with Gasteiger partial charge in [-0.2, -0.15) is 10.2 Å². The van der Waals surface area contributed by atoms with Gasteiger partial charge in [0.25, 0.3) is 0 Å². The van der Waals surface area contributed by atoms with E-state index in [0.29, 0.717) is 11.5 Å². The van der Waals surface area contributed by atoms with Gasteiger partial charge < -0.3 is 15.5 Å². The summed E-state index contributed by atoms with van der Waals surface area (Å²) in [4.78, 5) is 16.3. The van der Waals surface area contributed by atoms with Crippen LogP contribution in [0.1, 0.15) is 36.1 Å². The molecular weight excluding hydrogens is 446 g/mol. The number of hydrogen-bond acceptors (Lipinski definition) is 7. The number of nitrogen functional groups attached to an aromatic ring is 1. The molecule has 0 unspecified atom stereocenters. The molecule has 5 rings (SSSR count). The molecule has 0 aliphatic carbocycles. The van der Waals surface area contributed by atoms with E-state index in [0.717, 1.165) is 69.2 Å². The molecule has 2 aliphatic heterocycles. The van der Waals surface area contributed by atoms with E-state index in [9.17, 15) is 0 Å². The third-order valence-electron chi connectivity index (χ3n) is 7.65. The van der Waals surface area contributed by atoms with Crippen molar-refractivity contribution in [1.82, 2.24) is 19.8 Å². The number of benzene rings is 2. The fourth-order valence-electron chi connectivity index (χ4n) is 5.34. The minimum atomic E-state index is -0.00417. The Morgan fingerprint density at radius 3 is 2.42 bits per heavy atom. The lowest BCUT2D eigenvalue weighted by Crippen LogP contribution is -2.48. The molecule has 1 saturated heterocycles. The van der Waals surface area contributed by atoms with Crippen LogP contribution in [-0.4, -0.2) is 65.1 Å². The highest BCUT2D eigenvalue weighted by Crippen LogP contribution is 2.31. The molecule has 0 spiro atoms. The van der Waals surface area contributed by atoms with E-state index >= 15 is 0 Å². The third kappa shape index (κ3) is 5.20. The van der Waals surface area contributed by atoms with Crippen molar-refractivity contribution in [2.75, 3.05) is 50.4 Å². The van der Waals surface area contributed by atoms with E-state index in [4.69, 9.17) is 11.0 Å². The van der Waals surface area contributed by atoms with Crippen molar-refractivity contribution in [3.05, 3.63) is 70.8 Å². The largest absolute Gasteiger partial charge is 0.368 e. The quantitative estimate of drug-likeness (QED) is 0.594. The van der Waals surface area contributed by atoms with Gasteiger partial charge >= 0.3 is 0 Å². The average molecular weight is 482 g/mol. The number of rotatable bonds is 5. The first-order valence-electron chi connectivity index (χ1n) is 12.7. The highest BCUT2D eigenvalue weighted by molar-refractivity contribution is 5.66. The van der Waals surface area contributed by atoms with E-state index in [1.807, 2.05) is 12.1 Å². The smallest absolute Gasteiger partial charge is 0.222 e. The number of anilines is 2. The molecule has 2 aromatic carbocycles. The topological polar surface area (TPSA) is 85.3 Å². The maximum Gasteiger partial charge on any atom is 0.222 e. The van der Waals surface area contributed by atoms with Crippen molar-refractivity contribution in [1.29, 1.82) is 5.26 Å². The molecule has 3 aromatic rings. The molecule has 2 N–H and O–H groups in total. The Kier molecular flexibility index (Phi) is 6.65. The lowest BCUT2D eigenvalue weighted by Gasteiger charge is -2.42. The summed E-state index contributed by atoms with van der Waals surface area (Å²) in [5, 5.41) is 9.09. The Labute approximate surface area is 214 Å². The zero-order valence-electron chi connectivity index (χ0n) is 21.5. The number of nitrogens with zero attached hydrogens (tertiary/aromatic N) is 6. The van der Waals surface area contributed by atoms with Gasteiger partial charge in [-0.05, 0) is 68.6 Å². The van der Waals surface area contributed by atoms with E-state index < -0.39 is 0 Å². The van der Waals surface area contributed by atoms with Crippen LogP contribution in [0.2, 0.25) is 0 Å². The van der Waals surface area contributed by atoms with Crippen molar-refractivity contribution < 1.29 is 0 Å². The molecule has 3 heterocycles. The van der Waals surface area contributed by atoms with Gasteiger partial charge in [0.1, 0.15) is 5.82 Å². The Morgan fingerprint density at radius 2 is 1.69 bits per heavy atom. The number of hydrogen-bond donors (Lipinski definition) is 1. The Morgan fingerprint density at radius 1 is 0.944 bits per heavy atom. The standard InChI is InChI=1S/C29H35N7/c1-29(2,18-21-4-6-22(19-30)7-5-21)36-11-10-23-8-9-24(16-25(23)20-36)26-17-27(33-28(31)32-26)35-14-12-34(3)13-15-35/h4-9,16-17H,10-15,18,20H2,1-3H3,(H2,31,32,33). The van der Waals surface area contributed by atoms with Crippen molar-refractivity contribution in [3.63, 3.8) is 0 Å². The van der Waals surface area contributed by atoms with Gasteiger partial charge in [0.15, 0.2) is 0 Å². The zero-order chi connectivity index (χ0) is 25.3. The fraction of sp³-hybridized carbons (Fsp3) is 0.414. The molecule has 0 amide bonds. The van der Waals surface area contributed by atoms with Crippen LogP contribution in [0.15, 0.2) is 48.5 Å². The van der Waals surface area contributed by atoms with Crippen molar-refractivity contribution in [2.24, 2.45) is 0 Å². The Hall–Kier alpha value is -3.47. The molecule has 1 fully saturated rings. The van der Waals surface area contributed by atoms with E-state index in [1.165, 1.54) is 16.7 Å². The van der Waals surface area contributed by atoms with Crippen LogP contribution in [0.25, 0.3) is 11.3 Å². The molecule has 0 atom stereocenters. The van der Waals surface area contributed by atoms with Gasteiger partial charge in [-0.25, -0.2) is 4.98 Å². The van der Waals surface area contributed by atoms with Crippen LogP contribution in [0.5, 0.6) is 0 Å². The summed E-state index contributed by atoms with van der Waals surface area (Å²) >= 11 is 0. The first-order chi connectivity index (χ1) is 17.3. The van der Waals surface area contributed by atoms with Crippen LogP contribution < -0.4 is 10.6 Å². The summed E-state index contributed by atoms with van der Waals surface area (Å²) in [6.07, 6.45) is 1.97. The highest BCUT2D eigenvalue weighted by atomic mass is 15.3. The van der Waals surface area contributed by atoms with Crippen LogP contribution in [0, 0.1) is 11.3 Å². The molecule has 0 radical (unpaired) electrons. The van der Waals surface area contributed by atoms with Gasteiger partial charge in [-0.1, -0.05) is 24.3 Å². The summed E-state index contributed by atoms with van der Waals surface area (Å²) in [5.74, 6) is 1.23. The predicted molar refractivity (Wildman–Crippen MR) is 145 cm³/mol. The Bertz CT molecular complexity index is 1270. The lowest BCUT2D eigenvalue weighted by molar-refractivity contribution is 0.104. The summed E-state index contributed by atoms with van der Waals surface area (Å²) in [6.45, 7) is 10.5. The number of nitriles is 1. The maximum atomic E-state index is 9.09. The van der Waals surface area contributed by atoms with E-state index in [-0.39, 0.29) is 5.54 Å². The summed E-state index contributed by atoms with van der Waals surface area (Å²) in [7, 11) is 2.15. The molecule has 0 bridgehead atoms. The van der Waals surface area contributed by atoms with Gasteiger partial charge in [0.2, 0.25) is 5.95 Å². The molecule has 36 heavy (non-hydrogen) atoms. The number of aromatic nitrogens is 2. The second kappa shape index (κ2) is 9.88. The summed E-state index contributed by atoms with van der Waals surface area (Å²) in [6, 6.07) is 19.0. The minimum absolute atomic E-state index is 0.00417. The Balaban J connectivity index is 1.36. The number of fused-ring (bicyclic) bond motifs is 1. The predicted octanol–water partition coefficient (Wildman–Crippen LogP) is 3.73. The van der Waals surface area contributed by atoms with Crippen LogP contribution in [0.3, 0.4) is 0 Å². The molecular formula is C29H35N7. The highest BCUT2D eigenvalue weighted by Gasteiger charge is 2.30. The molecule has 7 nitrogen and oxygen atoms in total. The van der Waals surface area contributed by atoms with Crippen LogP contribution in [-0.2, 0) is 19.4 Å². The van der Waals surface area contributed by atoms with E-state index in [1.54, 1.807) is 0 Å². The minimum Gasteiger partial charge on any atom is -0.368 e. The van der Waals surface area contributed by atoms with Gasteiger partial charge in [0, 0.05) is 56.4 Å². The maximum absolute atomic E-state index is 9.09. The lowest BCUT2D eigenvalue weighted by atomic mass is 9.88. The van der Waals surface area contributed by atoms with Crippen LogP contribution in [0.4, 0.5) is 11.8 Å². The monoisotopic (exact) mass is 481 g/mol. The fourth-order valence-corrected chi connectivity index (χ4v) is 5.34. The van der Waals surface area contributed by atoms with Crippen molar-refractivity contribution in [3.8, 4) is 17.3 Å². The molecule has 1 aromatic heterocycles. The normalized spacial score (nSPS) is 17.0. The summed E-state index contributed by atoms with van der Waals surface area (Å²) in [5.41, 5.74) is 12.8. The molecule has 7 heteroatoms. The van der Waals surface area contributed by atoms with Gasteiger partial charge in [-0.15, -0.1) is 0 Å². The second-order valence-electron chi connectivity index (χ2n) is 10.7. The van der Waals surface area contributed by atoms with E-state index in [2.05, 4.69) is 88.0 Å². The first kappa shape index (κ1) is 24.2. The third-order valence-corrected chi connectivity index (χ3v) is 7.65. The van der Waals surface area contributed by atoms with Crippen LogP contribution >= 0.6 is 0 Å². The second-order valence-corrected chi connectivity index (χ2v) is 10.7.